The van der Waals surface area contributed by atoms with Gasteiger partial charge in [0.25, 0.3) is 0 Å². The quantitative estimate of drug-likeness (QED) is 0.819. The first-order valence-corrected chi connectivity index (χ1v) is 6.86. The van der Waals surface area contributed by atoms with Crippen molar-refractivity contribution >= 4 is 23.4 Å². The fourth-order valence-corrected chi connectivity index (χ4v) is 3.31. The second-order valence-corrected chi connectivity index (χ2v) is 5.43. The zero-order valence-electron chi connectivity index (χ0n) is 10.2. The van der Waals surface area contributed by atoms with Crippen LogP contribution < -0.4 is 0 Å². The Morgan fingerprint density at radius 3 is 3.22 bits per heavy atom. The van der Waals surface area contributed by atoms with Crippen LogP contribution in [0, 0.1) is 10.7 Å². The maximum atomic E-state index is 9.33. The van der Waals surface area contributed by atoms with Gasteiger partial charge in [-0.1, -0.05) is 6.42 Å². The Morgan fingerprint density at radius 1 is 1.50 bits per heavy atom. The van der Waals surface area contributed by atoms with E-state index in [9.17, 15) is 5.11 Å². The molecule has 0 aliphatic heterocycles. The second kappa shape index (κ2) is 4.82. The number of rotatable bonds is 2. The van der Waals surface area contributed by atoms with Crippen LogP contribution in [0.4, 0.5) is 0 Å². The Labute approximate surface area is 111 Å². The number of nitrogens with one attached hydrogen (secondary N) is 1. The van der Waals surface area contributed by atoms with E-state index in [1.807, 2.05) is 12.1 Å². The van der Waals surface area contributed by atoms with Crippen LogP contribution in [0.2, 0.25) is 0 Å². The summed E-state index contributed by atoms with van der Waals surface area (Å²) in [5, 5.41) is 9.33. The Balaban J connectivity index is 2.03. The molecule has 2 aromatic rings. The molecule has 1 saturated carbocycles. The minimum Gasteiger partial charge on any atom is -0.396 e. The van der Waals surface area contributed by atoms with E-state index in [0.29, 0.717) is 12.0 Å². The minimum absolute atomic E-state index is 0.277. The molecule has 2 heterocycles. The van der Waals surface area contributed by atoms with Crippen LogP contribution in [0.3, 0.4) is 0 Å². The summed E-state index contributed by atoms with van der Waals surface area (Å²) in [6.45, 7) is 0.277. The summed E-state index contributed by atoms with van der Waals surface area (Å²) >= 11 is 5.41. The van der Waals surface area contributed by atoms with Crippen molar-refractivity contribution in [1.82, 2.24) is 14.5 Å². The number of aliphatic hydroxyl groups excluding tert-OH is 1. The molecule has 2 aromatic heterocycles. The molecular formula is C13H17N3OS. The number of imidazole rings is 1. The molecule has 1 aliphatic rings. The molecule has 0 amide bonds. The van der Waals surface area contributed by atoms with Gasteiger partial charge in [-0.15, -0.1) is 0 Å². The van der Waals surface area contributed by atoms with Crippen LogP contribution in [0.15, 0.2) is 18.3 Å². The smallest absolute Gasteiger partial charge is 0.179 e. The predicted octanol–water partition coefficient (Wildman–Crippen LogP) is 2.82. The molecule has 3 rings (SSSR count). The lowest BCUT2D eigenvalue weighted by atomic mass is 9.86. The largest absolute Gasteiger partial charge is 0.396 e. The molecule has 0 bridgehead atoms. The van der Waals surface area contributed by atoms with Crippen LogP contribution in [0.5, 0.6) is 0 Å². The molecule has 1 aliphatic carbocycles. The van der Waals surface area contributed by atoms with Crippen molar-refractivity contribution in [1.29, 1.82) is 0 Å². The highest BCUT2D eigenvalue weighted by Gasteiger charge is 2.24. The Morgan fingerprint density at radius 2 is 2.39 bits per heavy atom. The average molecular weight is 263 g/mol. The fraction of sp³-hybridized carbons (Fsp3) is 0.538. The van der Waals surface area contributed by atoms with Crippen molar-refractivity contribution in [2.24, 2.45) is 5.92 Å². The predicted molar refractivity (Wildman–Crippen MR) is 73.0 cm³/mol. The van der Waals surface area contributed by atoms with Gasteiger partial charge in [0.1, 0.15) is 0 Å². The van der Waals surface area contributed by atoms with E-state index in [1.54, 1.807) is 6.20 Å². The van der Waals surface area contributed by atoms with Crippen molar-refractivity contribution in [2.75, 3.05) is 6.61 Å². The molecule has 0 aromatic carbocycles. The van der Waals surface area contributed by atoms with E-state index < -0.39 is 0 Å². The van der Waals surface area contributed by atoms with E-state index in [1.165, 1.54) is 0 Å². The summed E-state index contributed by atoms with van der Waals surface area (Å²) in [7, 11) is 0. The second-order valence-electron chi connectivity index (χ2n) is 5.04. The van der Waals surface area contributed by atoms with Crippen LogP contribution >= 0.6 is 12.2 Å². The number of fused-ring (bicyclic) bond motifs is 1. The number of aromatic amines is 1. The van der Waals surface area contributed by atoms with Crippen LogP contribution in [-0.4, -0.2) is 26.2 Å². The SMILES string of the molecule is OCC1CCCC(n2c(=S)[nH]c3cccnc32)C1. The number of hydrogen-bond donors (Lipinski definition) is 2. The van der Waals surface area contributed by atoms with Crippen LogP contribution in [0.25, 0.3) is 11.2 Å². The highest BCUT2D eigenvalue weighted by Crippen LogP contribution is 2.34. The number of hydrogen-bond acceptors (Lipinski definition) is 3. The Kier molecular flexibility index (Phi) is 3.18. The van der Waals surface area contributed by atoms with Gasteiger partial charge >= 0.3 is 0 Å². The zero-order valence-corrected chi connectivity index (χ0v) is 11.0. The molecule has 5 heteroatoms. The van der Waals surface area contributed by atoms with E-state index >= 15 is 0 Å². The fourth-order valence-electron chi connectivity index (χ4n) is 2.96. The van der Waals surface area contributed by atoms with Crippen molar-refractivity contribution in [3.8, 4) is 0 Å². The van der Waals surface area contributed by atoms with E-state index in [0.717, 1.165) is 41.6 Å². The summed E-state index contributed by atoms with van der Waals surface area (Å²) in [5.41, 5.74) is 1.93. The van der Waals surface area contributed by atoms with Gasteiger partial charge in [-0.3, -0.25) is 4.57 Å². The van der Waals surface area contributed by atoms with Gasteiger partial charge in [-0.05, 0) is 49.5 Å². The Hall–Kier alpha value is -1.20. The van der Waals surface area contributed by atoms with Gasteiger partial charge in [0.05, 0.1) is 5.52 Å². The maximum Gasteiger partial charge on any atom is 0.179 e. The number of aromatic nitrogens is 3. The third kappa shape index (κ3) is 1.97. The van der Waals surface area contributed by atoms with Crippen LogP contribution in [0.1, 0.15) is 31.7 Å². The molecule has 0 saturated heterocycles. The summed E-state index contributed by atoms with van der Waals surface area (Å²) < 4.78 is 2.87. The third-order valence-electron chi connectivity index (χ3n) is 3.85. The molecule has 0 radical (unpaired) electrons. The molecule has 18 heavy (non-hydrogen) atoms. The summed E-state index contributed by atoms with van der Waals surface area (Å²) in [5.74, 6) is 0.402. The van der Waals surface area contributed by atoms with Gasteiger partial charge in [0, 0.05) is 18.8 Å². The normalized spacial score (nSPS) is 24.5. The van der Waals surface area contributed by atoms with Crippen molar-refractivity contribution in [3.63, 3.8) is 0 Å². The highest BCUT2D eigenvalue weighted by atomic mass is 32.1. The lowest BCUT2D eigenvalue weighted by molar-refractivity contribution is 0.163. The minimum atomic E-state index is 0.277. The van der Waals surface area contributed by atoms with Gasteiger partial charge in [-0.25, -0.2) is 4.98 Å². The van der Waals surface area contributed by atoms with Gasteiger partial charge in [-0.2, -0.15) is 0 Å². The molecular weight excluding hydrogens is 246 g/mol. The molecule has 2 unspecified atom stereocenters. The van der Waals surface area contributed by atoms with E-state index in [-0.39, 0.29) is 6.61 Å². The maximum absolute atomic E-state index is 9.33. The van der Waals surface area contributed by atoms with E-state index in [2.05, 4.69) is 14.5 Å². The third-order valence-corrected chi connectivity index (χ3v) is 4.15. The number of pyridine rings is 1. The van der Waals surface area contributed by atoms with Crippen LogP contribution in [-0.2, 0) is 0 Å². The Bertz CT molecular complexity index is 604. The first kappa shape index (κ1) is 11.9. The lowest BCUT2D eigenvalue weighted by Crippen LogP contribution is -2.21. The summed E-state index contributed by atoms with van der Waals surface area (Å²) in [6, 6.07) is 4.28. The van der Waals surface area contributed by atoms with Gasteiger partial charge in [0.2, 0.25) is 0 Å². The number of aliphatic hydroxyl groups is 1. The van der Waals surface area contributed by atoms with Crippen molar-refractivity contribution < 1.29 is 5.11 Å². The molecule has 96 valence electrons. The number of nitrogens with zero attached hydrogens (tertiary/aromatic N) is 2. The topological polar surface area (TPSA) is 53.8 Å². The molecule has 1 fully saturated rings. The van der Waals surface area contributed by atoms with Gasteiger partial charge in [0.15, 0.2) is 10.4 Å². The first-order valence-electron chi connectivity index (χ1n) is 6.45. The van der Waals surface area contributed by atoms with E-state index in [4.69, 9.17) is 12.2 Å². The summed E-state index contributed by atoms with van der Waals surface area (Å²) in [6.07, 6.45) is 6.18. The average Bonchev–Trinajstić information content (AvgIpc) is 2.74. The van der Waals surface area contributed by atoms with Crippen molar-refractivity contribution in [3.05, 3.63) is 23.1 Å². The standard InChI is InChI=1S/C13H17N3OS/c17-8-9-3-1-4-10(7-9)16-12-11(15-13(16)18)5-2-6-14-12/h2,5-6,9-10,17H,1,3-4,7-8H2,(H,15,18). The lowest BCUT2D eigenvalue weighted by Gasteiger charge is -2.28. The highest BCUT2D eigenvalue weighted by molar-refractivity contribution is 7.71. The molecule has 2 N–H and O–H groups in total. The number of H-pyrrole nitrogens is 1. The van der Waals surface area contributed by atoms with Gasteiger partial charge < -0.3 is 10.1 Å². The molecule has 2 atom stereocenters. The monoisotopic (exact) mass is 263 g/mol. The molecule has 4 nitrogen and oxygen atoms in total. The molecule has 0 spiro atoms. The summed E-state index contributed by atoms with van der Waals surface area (Å²) in [4.78, 5) is 7.64. The first-order chi connectivity index (χ1) is 8.79. The van der Waals surface area contributed by atoms with Crippen molar-refractivity contribution in [2.45, 2.75) is 31.7 Å². The zero-order chi connectivity index (χ0) is 12.5.